The smallest absolute Gasteiger partial charge is 0.293 e. The molecule has 1 aliphatic rings. The zero-order valence-electron chi connectivity index (χ0n) is 15.8. The van der Waals surface area contributed by atoms with Crippen molar-refractivity contribution in [1.29, 1.82) is 0 Å². The van der Waals surface area contributed by atoms with Gasteiger partial charge in [-0.05, 0) is 42.7 Å². The predicted molar refractivity (Wildman–Crippen MR) is 106 cm³/mol. The molecule has 0 bridgehead atoms. The number of amidine groups is 1. The van der Waals surface area contributed by atoms with E-state index in [0.29, 0.717) is 31.5 Å². The molecule has 0 spiro atoms. The van der Waals surface area contributed by atoms with E-state index in [1.165, 1.54) is 0 Å². The summed E-state index contributed by atoms with van der Waals surface area (Å²) in [6.07, 6.45) is 2.27. The topological polar surface area (TPSA) is 59.0 Å². The molecule has 1 aliphatic heterocycles. The molecule has 0 aromatic heterocycles. The van der Waals surface area contributed by atoms with E-state index in [4.69, 9.17) is 4.74 Å². The van der Waals surface area contributed by atoms with Crippen LogP contribution in [0.1, 0.15) is 40.4 Å². The Morgan fingerprint density at radius 3 is 2.85 bits per heavy atom. The second-order valence-corrected chi connectivity index (χ2v) is 6.71. The number of carbonyl (C=O) groups excluding carboxylic acids is 2. The average Bonchev–Trinajstić information content (AvgIpc) is 2.99. The molecule has 0 fully saturated rings. The van der Waals surface area contributed by atoms with Gasteiger partial charge in [0.25, 0.3) is 12.4 Å². The summed E-state index contributed by atoms with van der Waals surface area (Å²) in [6.45, 7) is 5.74. The molecule has 0 radical (unpaired) electrons. The van der Waals surface area contributed by atoms with Gasteiger partial charge in [0, 0.05) is 30.6 Å². The first-order valence-electron chi connectivity index (χ1n) is 9.25. The number of hydrogen-bond acceptors (Lipinski definition) is 3. The molecular weight excluding hydrogens is 340 g/mol. The van der Waals surface area contributed by atoms with E-state index in [-0.39, 0.29) is 5.91 Å². The van der Waals surface area contributed by atoms with E-state index in [2.05, 4.69) is 28.9 Å². The van der Waals surface area contributed by atoms with Gasteiger partial charge in [-0.2, -0.15) is 4.99 Å². The van der Waals surface area contributed by atoms with Gasteiger partial charge in [-0.25, -0.2) is 0 Å². The monoisotopic (exact) mass is 364 g/mol. The summed E-state index contributed by atoms with van der Waals surface area (Å²) in [7, 11) is 0. The number of amides is 1. The maximum Gasteiger partial charge on any atom is 0.293 e. The minimum Gasteiger partial charge on any atom is -0.468 e. The lowest BCUT2D eigenvalue weighted by atomic mass is 10.1. The summed E-state index contributed by atoms with van der Waals surface area (Å²) in [6, 6.07) is 13.7. The zero-order chi connectivity index (χ0) is 19.2. The third kappa shape index (κ3) is 4.42. The molecule has 1 heterocycles. The lowest BCUT2D eigenvalue weighted by molar-refractivity contribution is -0.128. The molecule has 0 unspecified atom stereocenters. The maximum atomic E-state index is 12.6. The van der Waals surface area contributed by atoms with Crippen molar-refractivity contribution >= 4 is 23.9 Å². The van der Waals surface area contributed by atoms with E-state index in [1.54, 1.807) is 6.07 Å². The van der Waals surface area contributed by atoms with Crippen LogP contribution in [0, 0.1) is 6.92 Å². The van der Waals surface area contributed by atoms with Gasteiger partial charge in [0.05, 0.1) is 6.61 Å². The third-order valence-electron chi connectivity index (χ3n) is 4.61. The lowest BCUT2D eigenvalue weighted by Gasteiger charge is -2.19. The van der Waals surface area contributed by atoms with Crippen LogP contribution in [-0.2, 0) is 22.4 Å². The summed E-state index contributed by atoms with van der Waals surface area (Å²) < 4.78 is 4.79. The SMILES string of the molecule is CCCN1C(=NC(=O)c2cccc(C)c2)Cc2cc(CCOC=O)ccc21. The van der Waals surface area contributed by atoms with Crippen molar-refractivity contribution in [3.8, 4) is 0 Å². The van der Waals surface area contributed by atoms with E-state index in [0.717, 1.165) is 41.2 Å². The van der Waals surface area contributed by atoms with E-state index in [1.807, 2.05) is 31.2 Å². The Morgan fingerprint density at radius 2 is 2.11 bits per heavy atom. The molecule has 5 nitrogen and oxygen atoms in total. The number of aryl methyl sites for hydroxylation is 1. The van der Waals surface area contributed by atoms with Crippen molar-refractivity contribution in [2.24, 2.45) is 4.99 Å². The number of rotatable bonds is 7. The second kappa shape index (κ2) is 8.62. The molecule has 27 heavy (non-hydrogen) atoms. The minimum absolute atomic E-state index is 0.206. The standard InChI is InChI=1S/C22H24N2O3/c1-3-10-24-20-8-7-17(9-11-27-15-25)13-19(20)14-21(24)23-22(26)18-6-4-5-16(2)12-18/h4-8,12-13,15H,3,9-11,14H2,1-2H3. The fraction of sp³-hybridized carbons (Fsp3) is 0.318. The van der Waals surface area contributed by atoms with Crippen molar-refractivity contribution in [2.75, 3.05) is 18.1 Å². The highest BCUT2D eigenvalue weighted by Crippen LogP contribution is 2.31. The molecule has 0 N–H and O–H groups in total. The Bertz CT molecular complexity index is 874. The quantitative estimate of drug-likeness (QED) is 0.555. The second-order valence-electron chi connectivity index (χ2n) is 6.71. The van der Waals surface area contributed by atoms with E-state index >= 15 is 0 Å². The van der Waals surface area contributed by atoms with Crippen LogP contribution in [0.2, 0.25) is 0 Å². The first-order valence-corrected chi connectivity index (χ1v) is 9.25. The summed E-state index contributed by atoms with van der Waals surface area (Å²) in [5.41, 5.74) is 5.03. The van der Waals surface area contributed by atoms with Gasteiger partial charge >= 0.3 is 0 Å². The number of fused-ring (bicyclic) bond motifs is 1. The van der Waals surface area contributed by atoms with Crippen LogP contribution in [0.4, 0.5) is 5.69 Å². The maximum absolute atomic E-state index is 12.6. The number of aliphatic imine (C=N–C) groups is 1. The first kappa shape index (κ1) is 18.8. The molecule has 0 saturated heterocycles. The Labute approximate surface area is 159 Å². The van der Waals surface area contributed by atoms with Gasteiger partial charge in [0.2, 0.25) is 0 Å². The molecule has 1 amide bonds. The van der Waals surface area contributed by atoms with Crippen molar-refractivity contribution in [2.45, 2.75) is 33.1 Å². The molecule has 2 aromatic rings. The van der Waals surface area contributed by atoms with Crippen molar-refractivity contribution in [3.05, 3.63) is 64.7 Å². The van der Waals surface area contributed by atoms with Gasteiger partial charge in [0.15, 0.2) is 0 Å². The van der Waals surface area contributed by atoms with Gasteiger partial charge in [-0.1, -0.05) is 36.8 Å². The van der Waals surface area contributed by atoms with Crippen LogP contribution in [-0.4, -0.2) is 31.4 Å². The van der Waals surface area contributed by atoms with Gasteiger partial charge < -0.3 is 9.64 Å². The van der Waals surface area contributed by atoms with E-state index < -0.39 is 0 Å². The highest BCUT2D eigenvalue weighted by Gasteiger charge is 2.26. The highest BCUT2D eigenvalue weighted by molar-refractivity contribution is 6.12. The summed E-state index contributed by atoms with van der Waals surface area (Å²) in [5, 5.41) is 0. The average molecular weight is 364 g/mol. The van der Waals surface area contributed by atoms with Crippen LogP contribution in [0.25, 0.3) is 0 Å². The molecule has 5 heteroatoms. The summed E-state index contributed by atoms with van der Waals surface area (Å²) in [4.78, 5) is 29.5. The Morgan fingerprint density at radius 1 is 1.26 bits per heavy atom. The lowest BCUT2D eigenvalue weighted by Crippen LogP contribution is -2.28. The normalized spacial score (nSPS) is 14.3. The van der Waals surface area contributed by atoms with E-state index in [9.17, 15) is 9.59 Å². The highest BCUT2D eigenvalue weighted by atomic mass is 16.5. The number of nitrogens with zero attached hydrogens (tertiary/aromatic N) is 2. The molecule has 140 valence electrons. The molecule has 0 atom stereocenters. The predicted octanol–water partition coefficient (Wildman–Crippen LogP) is 3.72. The molecule has 3 rings (SSSR count). The van der Waals surface area contributed by atoms with Crippen molar-refractivity contribution in [1.82, 2.24) is 0 Å². The summed E-state index contributed by atoms with van der Waals surface area (Å²) in [5.74, 6) is 0.585. The summed E-state index contributed by atoms with van der Waals surface area (Å²) >= 11 is 0. The number of ether oxygens (including phenoxy) is 1. The number of benzene rings is 2. The fourth-order valence-corrected chi connectivity index (χ4v) is 3.36. The van der Waals surface area contributed by atoms with Gasteiger partial charge in [-0.3, -0.25) is 9.59 Å². The Hall–Kier alpha value is -2.95. The molecule has 2 aromatic carbocycles. The number of hydrogen-bond donors (Lipinski definition) is 0. The van der Waals surface area contributed by atoms with Gasteiger partial charge in [-0.15, -0.1) is 0 Å². The van der Waals surface area contributed by atoms with Crippen LogP contribution in [0.15, 0.2) is 47.5 Å². The minimum atomic E-state index is -0.206. The zero-order valence-corrected chi connectivity index (χ0v) is 15.8. The van der Waals surface area contributed by atoms with Crippen LogP contribution >= 0.6 is 0 Å². The fourth-order valence-electron chi connectivity index (χ4n) is 3.36. The van der Waals surface area contributed by atoms with Gasteiger partial charge in [0.1, 0.15) is 5.84 Å². The Balaban J connectivity index is 1.85. The number of anilines is 1. The third-order valence-corrected chi connectivity index (χ3v) is 4.61. The largest absolute Gasteiger partial charge is 0.468 e. The van der Waals surface area contributed by atoms with Crippen LogP contribution in [0.3, 0.4) is 0 Å². The molecule has 0 aliphatic carbocycles. The molecule has 0 saturated carbocycles. The van der Waals surface area contributed by atoms with Crippen LogP contribution < -0.4 is 4.90 Å². The van der Waals surface area contributed by atoms with Crippen molar-refractivity contribution in [3.63, 3.8) is 0 Å². The Kier molecular flexibility index (Phi) is 6.01. The molecular formula is C22H24N2O3. The number of carbonyl (C=O) groups is 2. The first-order chi connectivity index (χ1) is 13.1. The van der Waals surface area contributed by atoms with Crippen LogP contribution in [0.5, 0.6) is 0 Å². The van der Waals surface area contributed by atoms with Crippen molar-refractivity contribution < 1.29 is 14.3 Å².